The third kappa shape index (κ3) is 1.05. The predicted octanol–water partition coefficient (Wildman–Crippen LogP) is 0.111. The second kappa shape index (κ2) is 2.19. The summed E-state index contributed by atoms with van der Waals surface area (Å²) in [6, 6.07) is 0. The van der Waals surface area contributed by atoms with Crippen molar-refractivity contribution in [2.45, 2.75) is 19.3 Å². The molecule has 0 amide bonds. The molecule has 2 rings (SSSR count). The first kappa shape index (κ1) is 6.58. The molecule has 1 saturated carbocycles. The number of nitrogens with one attached hydrogen (secondary N) is 2. The highest BCUT2D eigenvalue weighted by Crippen LogP contribution is 2.52. The zero-order chi connectivity index (χ0) is 7.03. The Morgan fingerprint density at radius 3 is 2.60 bits per heavy atom. The largest absolute Gasteiger partial charge is 0.247 e. The average molecular weight is 141 g/mol. The fourth-order valence-corrected chi connectivity index (χ4v) is 1.77. The van der Waals surface area contributed by atoms with Crippen molar-refractivity contribution in [2.75, 3.05) is 20.1 Å². The Morgan fingerprint density at radius 1 is 1.30 bits per heavy atom. The Morgan fingerprint density at radius 2 is 2.10 bits per heavy atom. The molecule has 2 fully saturated rings. The van der Waals surface area contributed by atoms with Gasteiger partial charge in [-0.2, -0.15) is 5.53 Å². The average Bonchev–Trinajstić information content (AvgIpc) is 2.52. The molecular formula is C7H15N3. The number of rotatable bonds is 2. The molecule has 1 heterocycles. The van der Waals surface area contributed by atoms with Crippen molar-refractivity contribution in [3.8, 4) is 0 Å². The lowest BCUT2D eigenvalue weighted by Gasteiger charge is -2.15. The Bertz CT molecular complexity index is 131. The zero-order valence-electron chi connectivity index (χ0n) is 6.48. The molecule has 0 aromatic heterocycles. The molecular weight excluding hydrogens is 126 g/mol. The molecule has 1 aliphatic heterocycles. The van der Waals surface area contributed by atoms with E-state index < -0.39 is 0 Å². The van der Waals surface area contributed by atoms with Gasteiger partial charge in [0.25, 0.3) is 0 Å². The first-order valence-electron chi connectivity index (χ1n) is 4.02. The van der Waals surface area contributed by atoms with Crippen LogP contribution in [0.15, 0.2) is 0 Å². The van der Waals surface area contributed by atoms with E-state index in [1.165, 1.54) is 32.4 Å². The second-order valence-electron chi connectivity index (χ2n) is 3.53. The van der Waals surface area contributed by atoms with Crippen LogP contribution in [0.1, 0.15) is 19.3 Å². The van der Waals surface area contributed by atoms with E-state index in [2.05, 4.69) is 16.0 Å². The smallest absolute Gasteiger partial charge is 0.0201 e. The molecule has 2 aliphatic rings. The van der Waals surface area contributed by atoms with Crippen LogP contribution in [0.2, 0.25) is 0 Å². The third-order valence-corrected chi connectivity index (χ3v) is 2.67. The van der Waals surface area contributed by atoms with E-state index in [0.29, 0.717) is 0 Å². The summed E-state index contributed by atoms with van der Waals surface area (Å²) >= 11 is 0. The van der Waals surface area contributed by atoms with Crippen molar-refractivity contribution in [3.05, 3.63) is 0 Å². The molecule has 0 bridgehead atoms. The first-order valence-corrected chi connectivity index (χ1v) is 4.02. The van der Waals surface area contributed by atoms with Crippen LogP contribution in [0, 0.1) is 5.41 Å². The van der Waals surface area contributed by atoms with Gasteiger partial charge in [-0.3, -0.25) is 0 Å². The first-order chi connectivity index (χ1) is 4.85. The van der Waals surface area contributed by atoms with Crippen molar-refractivity contribution in [1.29, 1.82) is 0 Å². The Labute approximate surface area is 61.7 Å². The van der Waals surface area contributed by atoms with Crippen LogP contribution in [0.5, 0.6) is 0 Å². The molecule has 0 radical (unpaired) electrons. The molecule has 1 saturated heterocycles. The maximum Gasteiger partial charge on any atom is 0.0201 e. The summed E-state index contributed by atoms with van der Waals surface area (Å²) in [7, 11) is 1.91. The van der Waals surface area contributed by atoms with Gasteiger partial charge in [0.05, 0.1) is 0 Å². The van der Waals surface area contributed by atoms with E-state index in [0.717, 1.165) is 5.41 Å². The molecule has 58 valence electrons. The minimum Gasteiger partial charge on any atom is -0.247 e. The van der Waals surface area contributed by atoms with E-state index >= 15 is 0 Å². The van der Waals surface area contributed by atoms with E-state index in [4.69, 9.17) is 0 Å². The normalized spacial score (nSPS) is 29.7. The van der Waals surface area contributed by atoms with Gasteiger partial charge in [-0.25, -0.2) is 10.4 Å². The Kier molecular flexibility index (Phi) is 1.44. The van der Waals surface area contributed by atoms with E-state index in [-0.39, 0.29) is 0 Å². The highest BCUT2D eigenvalue weighted by Gasteiger charge is 2.47. The summed E-state index contributed by atoms with van der Waals surface area (Å²) in [5, 5.41) is 2.27. The van der Waals surface area contributed by atoms with Gasteiger partial charge >= 0.3 is 0 Å². The summed E-state index contributed by atoms with van der Waals surface area (Å²) in [4.78, 5) is 0. The minimum atomic E-state index is 0.740. The van der Waals surface area contributed by atoms with Crippen molar-refractivity contribution < 1.29 is 0 Å². The lowest BCUT2D eigenvalue weighted by molar-refractivity contribution is 0.193. The molecule has 0 aromatic carbocycles. The third-order valence-electron chi connectivity index (χ3n) is 2.67. The lowest BCUT2D eigenvalue weighted by atomic mass is 10.1. The second-order valence-corrected chi connectivity index (χ2v) is 3.53. The predicted molar refractivity (Wildman–Crippen MR) is 40.1 cm³/mol. The Hall–Kier alpha value is -0.120. The highest BCUT2D eigenvalue weighted by molar-refractivity contribution is 4.99. The van der Waals surface area contributed by atoms with Gasteiger partial charge in [0.1, 0.15) is 0 Å². The molecule has 1 aliphatic carbocycles. The molecule has 2 N–H and O–H groups in total. The summed E-state index contributed by atoms with van der Waals surface area (Å²) in [5.41, 5.74) is 6.81. The van der Waals surface area contributed by atoms with Gasteiger partial charge in [-0.15, -0.1) is 0 Å². The zero-order valence-corrected chi connectivity index (χ0v) is 6.48. The SMILES string of the molecule is CNNN1CCC2(CC2)C1. The van der Waals surface area contributed by atoms with Crippen molar-refractivity contribution in [3.63, 3.8) is 0 Å². The fraction of sp³-hybridized carbons (Fsp3) is 1.00. The molecule has 0 unspecified atom stereocenters. The van der Waals surface area contributed by atoms with Crippen LogP contribution < -0.4 is 11.0 Å². The summed E-state index contributed by atoms with van der Waals surface area (Å²) in [6.45, 7) is 2.45. The van der Waals surface area contributed by atoms with Crippen LogP contribution in [0.4, 0.5) is 0 Å². The van der Waals surface area contributed by atoms with E-state index in [9.17, 15) is 0 Å². The topological polar surface area (TPSA) is 27.3 Å². The number of hydrazine groups is 2. The number of hydrogen-bond acceptors (Lipinski definition) is 3. The molecule has 3 nitrogen and oxygen atoms in total. The standard InChI is InChI=1S/C7H15N3/c1-8-9-10-5-4-7(6-10)2-3-7/h8-9H,2-6H2,1H3. The quantitative estimate of drug-likeness (QED) is 0.534. The van der Waals surface area contributed by atoms with Gasteiger partial charge in [0.15, 0.2) is 0 Å². The van der Waals surface area contributed by atoms with Crippen LogP contribution >= 0.6 is 0 Å². The fourth-order valence-electron chi connectivity index (χ4n) is 1.77. The molecule has 10 heavy (non-hydrogen) atoms. The van der Waals surface area contributed by atoms with Crippen LogP contribution in [0.3, 0.4) is 0 Å². The van der Waals surface area contributed by atoms with Crippen molar-refractivity contribution >= 4 is 0 Å². The van der Waals surface area contributed by atoms with E-state index in [1.807, 2.05) is 7.05 Å². The summed E-state index contributed by atoms with van der Waals surface area (Å²) in [6.07, 6.45) is 4.30. The van der Waals surface area contributed by atoms with Gasteiger partial charge in [-0.1, -0.05) is 0 Å². The number of hydrogen-bond donors (Lipinski definition) is 2. The van der Waals surface area contributed by atoms with Crippen LogP contribution in [0.25, 0.3) is 0 Å². The van der Waals surface area contributed by atoms with Crippen molar-refractivity contribution in [2.24, 2.45) is 5.41 Å². The minimum absolute atomic E-state index is 0.740. The molecule has 3 heteroatoms. The van der Waals surface area contributed by atoms with Gasteiger partial charge < -0.3 is 0 Å². The maximum atomic E-state index is 3.12. The molecule has 0 atom stereocenters. The number of nitrogens with zero attached hydrogens (tertiary/aromatic N) is 1. The van der Waals surface area contributed by atoms with Crippen LogP contribution in [-0.4, -0.2) is 25.1 Å². The highest BCUT2D eigenvalue weighted by atomic mass is 15.7. The molecule has 0 aromatic rings. The summed E-state index contributed by atoms with van der Waals surface area (Å²) in [5.74, 6) is 0. The van der Waals surface area contributed by atoms with Gasteiger partial charge in [0, 0.05) is 13.1 Å². The van der Waals surface area contributed by atoms with Crippen LogP contribution in [-0.2, 0) is 0 Å². The van der Waals surface area contributed by atoms with Gasteiger partial charge in [0.2, 0.25) is 0 Å². The molecule has 1 spiro atoms. The maximum absolute atomic E-state index is 3.12. The van der Waals surface area contributed by atoms with Crippen molar-refractivity contribution in [1.82, 2.24) is 16.0 Å². The van der Waals surface area contributed by atoms with E-state index in [1.54, 1.807) is 0 Å². The lowest BCUT2D eigenvalue weighted by Crippen LogP contribution is -2.43. The Balaban J connectivity index is 1.82. The summed E-state index contributed by atoms with van der Waals surface area (Å²) < 4.78 is 0. The monoisotopic (exact) mass is 141 g/mol. The van der Waals surface area contributed by atoms with Gasteiger partial charge in [-0.05, 0) is 31.7 Å².